The van der Waals surface area contributed by atoms with Gasteiger partial charge in [-0.25, -0.2) is 15.0 Å². The summed E-state index contributed by atoms with van der Waals surface area (Å²) in [5.41, 5.74) is 10.5. The van der Waals surface area contributed by atoms with Crippen molar-refractivity contribution in [1.82, 2.24) is 19.5 Å². The van der Waals surface area contributed by atoms with E-state index in [1.165, 1.54) is 48.6 Å². The standard InChI is InChI=1S/C65H40N4/c1-2-17-44(18-3-1)57-38-50(63-66-64(55-30-14-25-42-19-8-11-27-51(42)55)68-65(67-63)56-31-15-26-43-20-9-12-28-52(43)56)39-58(49-33-32-41-16-4-5-22-46(41)36-49)62(57)69-60-40-48-24-7-6-23-47(48)37-59(60)54-35-34-45-21-10-13-29-53(45)61(54)69/h1-40H. The van der Waals surface area contributed by atoms with Gasteiger partial charge in [-0.1, -0.05) is 212 Å². The Morgan fingerprint density at radius 3 is 1.38 bits per heavy atom. The highest BCUT2D eigenvalue weighted by Crippen LogP contribution is 2.46. The maximum Gasteiger partial charge on any atom is 0.164 e. The molecular weight excluding hydrogens is 837 g/mol. The van der Waals surface area contributed by atoms with Crippen LogP contribution in [0.5, 0.6) is 0 Å². The van der Waals surface area contributed by atoms with E-state index >= 15 is 0 Å². The van der Waals surface area contributed by atoms with Gasteiger partial charge in [0.05, 0.1) is 16.7 Å². The molecule has 0 bridgehead atoms. The highest BCUT2D eigenvalue weighted by atomic mass is 15.0. The number of nitrogens with zero attached hydrogens (tertiary/aromatic N) is 4. The Kier molecular flexibility index (Phi) is 8.86. The van der Waals surface area contributed by atoms with Crippen molar-refractivity contribution in [3.8, 4) is 62.1 Å². The van der Waals surface area contributed by atoms with E-state index in [-0.39, 0.29) is 0 Å². The molecule has 0 aliphatic heterocycles. The monoisotopic (exact) mass is 876 g/mol. The fourth-order valence-electron chi connectivity index (χ4n) is 10.7. The van der Waals surface area contributed by atoms with Gasteiger partial charge in [-0.3, -0.25) is 0 Å². The van der Waals surface area contributed by atoms with Crippen LogP contribution in [0.1, 0.15) is 0 Å². The Hall–Kier alpha value is -9.25. The number of rotatable bonds is 6. The molecule has 2 aromatic heterocycles. The third kappa shape index (κ3) is 6.41. The number of fused-ring (bicyclic) bond motifs is 9. The minimum atomic E-state index is 0.598. The van der Waals surface area contributed by atoms with Crippen LogP contribution in [0, 0.1) is 0 Å². The van der Waals surface area contributed by atoms with Gasteiger partial charge in [-0.2, -0.15) is 0 Å². The summed E-state index contributed by atoms with van der Waals surface area (Å²) in [6.45, 7) is 0. The van der Waals surface area contributed by atoms with Gasteiger partial charge in [0.15, 0.2) is 17.5 Å². The largest absolute Gasteiger partial charge is 0.307 e. The number of aromatic nitrogens is 4. The van der Waals surface area contributed by atoms with E-state index in [0.29, 0.717) is 17.5 Å². The van der Waals surface area contributed by atoms with Gasteiger partial charge in [-0.05, 0) is 89.9 Å². The Morgan fingerprint density at radius 2 is 0.725 bits per heavy atom. The first-order valence-electron chi connectivity index (χ1n) is 23.5. The lowest BCUT2D eigenvalue weighted by molar-refractivity contribution is 1.08. The van der Waals surface area contributed by atoms with Crippen molar-refractivity contribution in [3.05, 3.63) is 243 Å². The zero-order valence-corrected chi connectivity index (χ0v) is 37.4. The van der Waals surface area contributed by atoms with Crippen LogP contribution in [-0.4, -0.2) is 19.5 Å². The lowest BCUT2D eigenvalue weighted by atomic mass is 9.91. The summed E-state index contributed by atoms with van der Waals surface area (Å²) in [4.78, 5) is 16.3. The van der Waals surface area contributed by atoms with E-state index in [9.17, 15) is 0 Å². The van der Waals surface area contributed by atoms with E-state index in [0.717, 1.165) is 71.7 Å². The van der Waals surface area contributed by atoms with Gasteiger partial charge >= 0.3 is 0 Å². The zero-order chi connectivity index (χ0) is 45.4. The Balaban J connectivity index is 1.15. The van der Waals surface area contributed by atoms with Crippen molar-refractivity contribution in [3.63, 3.8) is 0 Å². The average molecular weight is 877 g/mol. The topological polar surface area (TPSA) is 43.6 Å². The molecule has 320 valence electrons. The first kappa shape index (κ1) is 39.0. The molecule has 0 atom stereocenters. The molecule has 0 N–H and O–H groups in total. The lowest BCUT2D eigenvalue weighted by Gasteiger charge is -2.22. The second kappa shape index (κ2) is 15.7. The van der Waals surface area contributed by atoms with Crippen LogP contribution in [-0.2, 0) is 0 Å². The fourth-order valence-corrected chi connectivity index (χ4v) is 10.7. The van der Waals surface area contributed by atoms with Crippen LogP contribution < -0.4 is 0 Å². The van der Waals surface area contributed by atoms with Crippen molar-refractivity contribution < 1.29 is 0 Å². The number of hydrogen-bond donors (Lipinski definition) is 0. The van der Waals surface area contributed by atoms with Crippen LogP contribution in [0.15, 0.2) is 243 Å². The number of benzene rings is 12. The molecular formula is C65H40N4. The predicted molar refractivity (Wildman–Crippen MR) is 289 cm³/mol. The summed E-state index contributed by atoms with van der Waals surface area (Å²) in [7, 11) is 0. The molecule has 0 amide bonds. The molecule has 2 heterocycles. The smallest absolute Gasteiger partial charge is 0.164 e. The third-order valence-corrected chi connectivity index (χ3v) is 14.0. The van der Waals surface area contributed by atoms with Gasteiger partial charge in [0.2, 0.25) is 0 Å². The van der Waals surface area contributed by atoms with Gasteiger partial charge in [0.25, 0.3) is 0 Å². The third-order valence-electron chi connectivity index (χ3n) is 14.0. The molecule has 14 aromatic rings. The first-order chi connectivity index (χ1) is 34.2. The van der Waals surface area contributed by atoms with E-state index < -0.39 is 0 Å². The summed E-state index contributed by atoms with van der Waals surface area (Å²) in [6.07, 6.45) is 0. The normalized spacial score (nSPS) is 11.8. The van der Waals surface area contributed by atoms with Crippen LogP contribution in [0.25, 0.3) is 138 Å². The second-order valence-electron chi connectivity index (χ2n) is 17.9. The summed E-state index contributed by atoms with van der Waals surface area (Å²) >= 11 is 0. The summed E-state index contributed by atoms with van der Waals surface area (Å²) in [6, 6.07) is 87.4. The Bertz CT molecular complexity index is 4270. The second-order valence-corrected chi connectivity index (χ2v) is 17.9. The number of hydrogen-bond acceptors (Lipinski definition) is 3. The molecule has 0 aliphatic rings. The molecule has 12 aromatic carbocycles. The van der Waals surface area contributed by atoms with Crippen molar-refractivity contribution in [1.29, 1.82) is 0 Å². The van der Waals surface area contributed by atoms with E-state index in [1.54, 1.807) is 0 Å². The van der Waals surface area contributed by atoms with E-state index in [4.69, 9.17) is 15.0 Å². The van der Waals surface area contributed by atoms with E-state index in [1.807, 2.05) is 0 Å². The molecule has 0 aliphatic carbocycles. The molecule has 0 fully saturated rings. The summed E-state index contributed by atoms with van der Waals surface area (Å²) in [5, 5.41) is 14.0. The fraction of sp³-hybridized carbons (Fsp3) is 0. The van der Waals surface area contributed by atoms with Crippen molar-refractivity contribution in [2.75, 3.05) is 0 Å². The van der Waals surface area contributed by atoms with Crippen molar-refractivity contribution in [2.24, 2.45) is 0 Å². The Labute approximate surface area is 398 Å². The molecule has 69 heavy (non-hydrogen) atoms. The van der Waals surface area contributed by atoms with Crippen LogP contribution >= 0.6 is 0 Å². The predicted octanol–water partition coefficient (Wildman–Crippen LogP) is 17.1. The van der Waals surface area contributed by atoms with Gasteiger partial charge in [0, 0.05) is 44.0 Å². The molecule has 0 radical (unpaired) electrons. The lowest BCUT2D eigenvalue weighted by Crippen LogP contribution is -2.04. The minimum absolute atomic E-state index is 0.598. The molecule has 0 saturated heterocycles. The van der Waals surface area contributed by atoms with Gasteiger partial charge in [0.1, 0.15) is 0 Å². The SMILES string of the molecule is c1ccc(-c2cc(-c3nc(-c4cccc5ccccc45)nc(-c4cccc5ccccc45)n3)cc(-c3ccc4ccccc4c3)c2-n2c3cc4ccccc4cc3c3ccc4ccccc4c32)cc1. The summed E-state index contributed by atoms with van der Waals surface area (Å²) < 4.78 is 2.55. The molecule has 0 unspecified atom stereocenters. The van der Waals surface area contributed by atoms with Crippen LogP contribution in [0.3, 0.4) is 0 Å². The van der Waals surface area contributed by atoms with E-state index in [2.05, 4.69) is 247 Å². The first-order valence-corrected chi connectivity index (χ1v) is 23.5. The van der Waals surface area contributed by atoms with Crippen molar-refractivity contribution >= 4 is 75.7 Å². The molecule has 4 nitrogen and oxygen atoms in total. The molecule has 4 heteroatoms. The highest BCUT2D eigenvalue weighted by molar-refractivity contribution is 6.21. The summed E-state index contributed by atoms with van der Waals surface area (Å²) in [5.74, 6) is 1.84. The maximum absolute atomic E-state index is 5.49. The Morgan fingerprint density at radius 1 is 0.246 bits per heavy atom. The zero-order valence-electron chi connectivity index (χ0n) is 37.4. The van der Waals surface area contributed by atoms with Crippen LogP contribution in [0.4, 0.5) is 0 Å². The quantitative estimate of drug-likeness (QED) is 0.167. The molecule has 0 spiro atoms. The highest BCUT2D eigenvalue weighted by Gasteiger charge is 2.25. The average Bonchev–Trinajstić information content (AvgIpc) is 3.74. The van der Waals surface area contributed by atoms with Crippen LogP contribution in [0.2, 0.25) is 0 Å². The minimum Gasteiger partial charge on any atom is -0.307 e. The van der Waals surface area contributed by atoms with Crippen molar-refractivity contribution in [2.45, 2.75) is 0 Å². The maximum atomic E-state index is 5.49. The molecule has 14 rings (SSSR count). The molecule has 0 saturated carbocycles. The van der Waals surface area contributed by atoms with Gasteiger partial charge in [-0.15, -0.1) is 0 Å². The van der Waals surface area contributed by atoms with Gasteiger partial charge < -0.3 is 4.57 Å².